The third-order valence-electron chi connectivity index (χ3n) is 3.33. The van der Waals surface area contributed by atoms with E-state index in [-0.39, 0.29) is 0 Å². The number of methoxy groups -OCH3 is 1. The Hall–Kier alpha value is -1.81. The van der Waals surface area contributed by atoms with Gasteiger partial charge in [0.15, 0.2) is 0 Å². The smallest absolute Gasteiger partial charge is 0.145 e. The van der Waals surface area contributed by atoms with Gasteiger partial charge < -0.3 is 15.0 Å². The topological polar surface area (TPSA) is 37.4 Å². The van der Waals surface area contributed by atoms with Gasteiger partial charge in [-0.05, 0) is 18.2 Å². The lowest BCUT2D eigenvalue weighted by Gasteiger charge is -2.28. The minimum Gasteiger partial charge on any atom is -0.494 e. The molecule has 0 unspecified atom stereocenters. The fourth-order valence-electron chi connectivity index (χ4n) is 2.34. The van der Waals surface area contributed by atoms with Crippen LogP contribution in [0.2, 0.25) is 0 Å². The van der Waals surface area contributed by atoms with Crippen LogP contribution < -0.4 is 15.0 Å². The van der Waals surface area contributed by atoms with Crippen LogP contribution in [0.3, 0.4) is 0 Å². The number of hydrogen-bond acceptors (Lipinski definition) is 4. The number of nitrogens with one attached hydrogen (secondary N) is 1. The van der Waals surface area contributed by atoms with Crippen LogP contribution in [0.5, 0.6) is 5.75 Å². The molecule has 0 saturated carbocycles. The predicted molar refractivity (Wildman–Crippen MR) is 73.4 cm³/mol. The van der Waals surface area contributed by atoms with E-state index in [9.17, 15) is 0 Å². The van der Waals surface area contributed by atoms with Crippen LogP contribution in [-0.4, -0.2) is 38.3 Å². The third-order valence-corrected chi connectivity index (χ3v) is 3.33. The zero-order chi connectivity index (χ0) is 12.4. The Morgan fingerprint density at radius 2 is 2.00 bits per heavy atom. The van der Waals surface area contributed by atoms with Crippen LogP contribution in [0, 0.1) is 0 Å². The van der Waals surface area contributed by atoms with Gasteiger partial charge in [-0.25, -0.2) is 4.98 Å². The van der Waals surface area contributed by atoms with Crippen LogP contribution in [0.4, 0.5) is 5.82 Å². The number of aromatic nitrogens is 1. The number of ether oxygens (including phenoxy) is 1. The molecule has 3 rings (SSSR count). The molecule has 2 aromatic rings. The van der Waals surface area contributed by atoms with Crippen molar-refractivity contribution in [3.8, 4) is 5.75 Å². The molecule has 0 spiro atoms. The summed E-state index contributed by atoms with van der Waals surface area (Å²) >= 11 is 0. The summed E-state index contributed by atoms with van der Waals surface area (Å²) in [7, 11) is 1.69. The number of nitrogens with zero attached hydrogens (tertiary/aromatic N) is 2. The lowest BCUT2D eigenvalue weighted by atomic mass is 10.2. The monoisotopic (exact) mass is 243 g/mol. The molecule has 1 aromatic heterocycles. The second-order valence-corrected chi connectivity index (χ2v) is 4.44. The largest absolute Gasteiger partial charge is 0.494 e. The summed E-state index contributed by atoms with van der Waals surface area (Å²) in [5.41, 5.74) is 0.941. The number of fused-ring (bicyclic) bond motifs is 1. The molecule has 1 aliphatic rings. The maximum Gasteiger partial charge on any atom is 0.145 e. The highest BCUT2D eigenvalue weighted by atomic mass is 16.5. The number of benzene rings is 1. The molecular formula is C14H17N3O. The first-order valence-corrected chi connectivity index (χ1v) is 6.28. The summed E-state index contributed by atoms with van der Waals surface area (Å²) in [4.78, 5) is 7.05. The number of anilines is 1. The Morgan fingerprint density at radius 3 is 2.78 bits per heavy atom. The van der Waals surface area contributed by atoms with Crippen molar-refractivity contribution >= 4 is 16.7 Å². The van der Waals surface area contributed by atoms with Crippen LogP contribution in [0.25, 0.3) is 10.9 Å². The van der Waals surface area contributed by atoms with E-state index in [0.717, 1.165) is 48.6 Å². The van der Waals surface area contributed by atoms with Crippen molar-refractivity contribution in [2.45, 2.75) is 0 Å². The molecule has 0 bridgehead atoms. The summed E-state index contributed by atoms with van der Waals surface area (Å²) in [5, 5.41) is 4.47. The van der Waals surface area contributed by atoms with Gasteiger partial charge in [-0.2, -0.15) is 0 Å². The molecule has 0 aliphatic carbocycles. The lowest BCUT2D eigenvalue weighted by molar-refractivity contribution is 0.419. The quantitative estimate of drug-likeness (QED) is 0.870. The van der Waals surface area contributed by atoms with Crippen molar-refractivity contribution in [3.63, 3.8) is 0 Å². The number of hydrogen-bond donors (Lipinski definition) is 1. The first kappa shape index (κ1) is 11.3. The van der Waals surface area contributed by atoms with E-state index in [4.69, 9.17) is 9.72 Å². The van der Waals surface area contributed by atoms with Crippen LogP contribution in [-0.2, 0) is 0 Å². The predicted octanol–water partition coefficient (Wildman–Crippen LogP) is 1.65. The van der Waals surface area contributed by atoms with E-state index in [1.165, 1.54) is 0 Å². The van der Waals surface area contributed by atoms with Gasteiger partial charge in [0.1, 0.15) is 17.1 Å². The zero-order valence-electron chi connectivity index (χ0n) is 10.5. The van der Waals surface area contributed by atoms with Gasteiger partial charge in [0, 0.05) is 31.6 Å². The first-order chi connectivity index (χ1) is 8.88. The Balaban J connectivity index is 2.03. The second-order valence-electron chi connectivity index (χ2n) is 4.44. The molecule has 1 N–H and O–H groups in total. The van der Waals surface area contributed by atoms with E-state index in [0.29, 0.717) is 0 Å². The Labute approximate surface area is 107 Å². The molecule has 0 amide bonds. The third kappa shape index (κ3) is 1.99. The Kier molecular flexibility index (Phi) is 3.02. The highest BCUT2D eigenvalue weighted by Crippen LogP contribution is 2.26. The molecule has 1 aromatic carbocycles. The highest BCUT2D eigenvalue weighted by Gasteiger charge is 2.12. The molecule has 1 aliphatic heterocycles. The summed E-state index contributed by atoms with van der Waals surface area (Å²) in [6, 6.07) is 10.2. The minimum atomic E-state index is 0.837. The summed E-state index contributed by atoms with van der Waals surface area (Å²) in [5.74, 6) is 1.87. The molecule has 0 atom stereocenters. The van der Waals surface area contributed by atoms with Gasteiger partial charge in [0.2, 0.25) is 0 Å². The number of para-hydroxylation sites is 1. The van der Waals surface area contributed by atoms with Gasteiger partial charge in [0.05, 0.1) is 7.11 Å². The van der Waals surface area contributed by atoms with Gasteiger partial charge in [-0.15, -0.1) is 0 Å². The maximum absolute atomic E-state index is 5.38. The van der Waals surface area contributed by atoms with E-state index in [1.807, 2.05) is 12.1 Å². The van der Waals surface area contributed by atoms with Crippen LogP contribution in [0.15, 0.2) is 30.3 Å². The fourth-order valence-corrected chi connectivity index (χ4v) is 2.34. The molecule has 0 radical (unpaired) electrons. The SMILES string of the molecule is COc1cccc2ccc(N3CCNCC3)nc12. The zero-order valence-corrected chi connectivity index (χ0v) is 10.5. The second kappa shape index (κ2) is 4.82. The van der Waals surface area contributed by atoms with Crippen molar-refractivity contribution < 1.29 is 4.74 Å². The normalized spacial score (nSPS) is 15.9. The Bertz CT molecular complexity index is 550. The lowest BCUT2D eigenvalue weighted by Crippen LogP contribution is -2.43. The van der Waals surface area contributed by atoms with Crippen molar-refractivity contribution in [3.05, 3.63) is 30.3 Å². The van der Waals surface area contributed by atoms with Gasteiger partial charge in [-0.3, -0.25) is 0 Å². The van der Waals surface area contributed by atoms with Gasteiger partial charge >= 0.3 is 0 Å². The van der Waals surface area contributed by atoms with Crippen molar-refractivity contribution in [2.24, 2.45) is 0 Å². The highest BCUT2D eigenvalue weighted by molar-refractivity contribution is 5.85. The average Bonchev–Trinajstić information content (AvgIpc) is 2.47. The molecular weight excluding hydrogens is 226 g/mol. The fraction of sp³-hybridized carbons (Fsp3) is 0.357. The van der Waals surface area contributed by atoms with Gasteiger partial charge in [0.25, 0.3) is 0 Å². The minimum absolute atomic E-state index is 0.837. The van der Waals surface area contributed by atoms with Crippen LogP contribution >= 0.6 is 0 Å². The Morgan fingerprint density at radius 1 is 1.17 bits per heavy atom. The van der Waals surface area contributed by atoms with Crippen LogP contribution in [0.1, 0.15) is 0 Å². The number of pyridine rings is 1. The number of piperazine rings is 1. The molecule has 4 heteroatoms. The standard InChI is InChI=1S/C14H17N3O/c1-18-12-4-2-3-11-5-6-13(16-14(11)12)17-9-7-15-8-10-17/h2-6,15H,7-10H2,1H3. The van der Waals surface area contributed by atoms with E-state index >= 15 is 0 Å². The molecule has 4 nitrogen and oxygen atoms in total. The molecule has 2 heterocycles. The van der Waals surface area contributed by atoms with E-state index in [1.54, 1.807) is 7.11 Å². The average molecular weight is 243 g/mol. The number of rotatable bonds is 2. The van der Waals surface area contributed by atoms with E-state index < -0.39 is 0 Å². The van der Waals surface area contributed by atoms with Crippen molar-refractivity contribution in [1.29, 1.82) is 0 Å². The molecule has 94 valence electrons. The summed E-state index contributed by atoms with van der Waals surface area (Å²) < 4.78 is 5.38. The molecule has 18 heavy (non-hydrogen) atoms. The first-order valence-electron chi connectivity index (χ1n) is 6.28. The van der Waals surface area contributed by atoms with Gasteiger partial charge in [-0.1, -0.05) is 12.1 Å². The summed E-state index contributed by atoms with van der Waals surface area (Å²) in [6.07, 6.45) is 0. The maximum atomic E-state index is 5.38. The van der Waals surface area contributed by atoms with Crippen molar-refractivity contribution in [2.75, 3.05) is 38.2 Å². The van der Waals surface area contributed by atoms with E-state index in [2.05, 4.69) is 28.4 Å². The summed E-state index contributed by atoms with van der Waals surface area (Å²) in [6.45, 7) is 4.05. The molecule has 1 saturated heterocycles. The molecule has 1 fully saturated rings. The van der Waals surface area contributed by atoms with Crippen molar-refractivity contribution in [1.82, 2.24) is 10.3 Å².